The molecule has 17 heavy (non-hydrogen) atoms. The van der Waals surface area contributed by atoms with Gasteiger partial charge in [0, 0.05) is 12.1 Å². The van der Waals surface area contributed by atoms with E-state index in [4.69, 9.17) is 5.73 Å². The molecule has 0 saturated heterocycles. The van der Waals surface area contributed by atoms with E-state index in [0.717, 1.165) is 19.3 Å². The molecule has 0 spiro atoms. The average molecular weight is 234 g/mol. The van der Waals surface area contributed by atoms with E-state index in [1.165, 1.54) is 6.07 Å². The molecule has 4 heteroatoms. The fourth-order valence-electron chi connectivity index (χ4n) is 2.02. The van der Waals surface area contributed by atoms with Crippen molar-refractivity contribution in [3.8, 4) is 5.75 Å². The lowest BCUT2D eigenvalue weighted by Gasteiger charge is -2.14. The van der Waals surface area contributed by atoms with Gasteiger partial charge < -0.3 is 16.2 Å². The Hall–Kier alpha value is -1.55. The Morgan fingerprint density at radius 2 is 2.24 bits per heavy atom. The molecule has 1 aromatic rings. The smallest absolute Gasteiger partial charge is 0.251 e. The van der Waals surface area contributed by atoms with E-state index in [0.29, 0.717) is 18.7 Å². The predicted octanol–water partition coefficient (Wildman–Crippen LogP) is 1.25. The zero-order valence-corrected chi connectivity index (χ0v) is 9.78. The highest BCUT2D eigenvalue weighted by molar-refractivity contribution is 5.94. The Labute approximate surface area is 101 Å². The van der Waals surface area contributed by atoms with Gasteiger partial charge in [-0.1, -0.05) is 6.07 Å². The number of amides is 1. The second-order valence-corrected chi connectivity index (χ2v) is 4.77. The van der Waals surface area contributed by atoms with Gasteiger partial charge in [-0.2, -0.15) is 0 Å². The van der Waals surface area contributed by atoms with E-state index in [1.54, 1.807) is 18.2 Å². The fourth-order valence-corrected chi connectivity index (χ4v) is 2.02. The molecule has 1 saturated carbocycles. The van der Waals surface area contributed by atoms with Crippen molar-refractivity contribution in [2.75, 3.05) is 13.1 Å². The van der Waals surface area contributed by atoms with Crippen molar-refractivity contribution in [1.82, 2.24) is 5.32 Å². The first-order chi connectivity index (χ1) is 8.15. The largest absolute Gasteiger partial charge is 0.508 e. The van der Waals surface area contributed by atoms with E-state index >= 15 is 0 Å². The number of carbonyl (C=O) groups excluding carboxylic acids is 1. The molecule has 1 aromatic carbocycles. The molecule has 4 N–H and O–H groups in total. The van der Waals surface area contributed by atoms with Crippen molar-refractivity contribution in [1.29, 1.82) is 0 Å². The molecule has 0 aromatic heterocycles. The number of hydrogen-bond acceptors (Lipinski definition) is 3. The number of benzene rings is 1. The quantitative estimate of drug-likeness (QED) is 0.717. The van der Waals surface area contributed by atoms with Gasteiger partial charge in [-0.25, -0.2) is 0 Å². The number of carbonyl (C=O) groups is 1. The summed E-state index contributed by atoms with van der Waals surface area (Å²) in [6.45, 7) is 1.35. The highest BCUT2D eigenvalue weighted by atomic mass is 16.3. The van der Waals surface area contributed by atoms with Gasteiger partial charge in [-0.05, 0) is 49.4 Å². The highest BCUT2D eigenvalue weighted by Gasteiger charge is 2.41. The van der Waals surface area contributed by atoms with Gasteiger partial charge in [0.1, 0.15) is 5.75 Å². The van der Waals surface area contributed by atoms with E-state index in [-0.39, 0.29) is 17.1 Å². The molecular formula is C13H18N2O2. The Kier molecular flexibility index (Phi) is 3.33. The van der Waals surface area contributed by atoms with Crippen molar-refractivity contribution in [3.63, 3.8) is 0 Å². The number of phenolic OH excluding ortho intramolecular Hbond substituents is 1. The minimum absolute atomic E-state index is 0.112. The molecule has 1 aliphatic carbocycles. The van der Waals surface area contributed by atoms with E-state index < -0.39 is 0 Å². The Morgan fingerprint density at radius 1 is 1.47 bits per heavy atom. The van der Waals surface area contributed by atoms with Crippen molar-refractivity contribution in [2.45, 2.75) is 19.3 Å². The summed E-state index contributed by atoms with van der Waals surface area (Å²) in [6, 6.07) is 6.37. The minimum atomic E-state index is -0.135. The molecular weight excluding hydrogens is 216 g/mol. The molecule has 0 atom stereocenters. The summed E-state index contributed by atoms with van der Waals surface area (Å²) in [5.41, 5.74) is 6.28. The minimum Gasteiger partial charge on any atom is -0.508 e. The van der Waals surface area contributed by atoms with Crippen LogP contribution in [0.5, 0.6) is 5.75 Å². The van der Waals surface area contributed by atoms with Gasteiger partial charge in [0.15, 0.2) is 0 Å². The monoisotopic (exact) mass is 234 g/mol. The third kappa shape index (κ3) is 2.97. The van der Waals surface area contributed by atoms with E-state index in [1.807, 2.05) is 0 Å². The molecule has 1 fully saturated rings. The van der Waals surface area contributed by atoms with Crippen LogP contribution in [0.2, 0.25) is 0 Å². The first-order valence-corrected chi connectivity index (χ1v) is 5.93. The second-order valence-electron chi connectivity index (χ2n) is 4.77. The zero-order chi connectivity index (χ0) is 12.3. The number of aromatic hydroxyl groups is 1. The second kappa shape index (κ2) is 4.75. The Balaban J connectivity index is 1.90. The van der Waals surface area contributed by atoms with Crippen LogP contribution < -0.4 is 11.1 Å². The molecule has 2 rings (SSSR count). The topological polar surface area (TPSA) is 75.3 Å². The fraction of sp³-hybridized carbons (Fsp3) is 0.462. The highest BCUT2D eigenvalue weighted by Crippen LogP contribution is 2.47. The molecule has 0 heterocycles. The van der Waals surface area contributed by atoms with Gasteiger partial charge in [0.2, 0.25) is 0 Å². The van der Waals surface area contributed by atoms with Crippen LogP contribution in [0, 0.1) is 5.41 Å². The van der Waals surface area contributed by atoms with E-state index in [9.17, 15) is 9.90 Å². The summed E-state index contributed by atoms with van der Waals surface area (Å²) < 4.78 is 0. The van der Waals surface area contributed by atoms with Gasteiger partial charge in [0.25, 0.3) is 5.91 Å². The summed E-state index contributed by atoms with van der Waals surface area (Å²) in [4.78, 5) is 11.8. The lowest BCUT2D eigenvalue weighted by atomic mass is 10.0. The summed E-state index contributed by atoms with van der Waals surface area (Å²) in [5.74, 6) is -0.0232. The van der Waals surface area contributed by atoms with Crippen LogP contribution in [-0.4, -0.2) is 24.1 Å². The molecule has 1 aliphatic rings. The predicted molar refractivity (Wildman–Crippen MR) is 65.8 cm³/mol. The van der Waals surface area contributed by atoms with Crippen LogP contribution in [0.15, 0.2) is 24.3 Å². The maximum atomic E-state index is 11.8. The summed E-state index contributed by atoms with van der Waals surface area (Å²) in [6.07, 6.45) is 3.25. The Morgan fingerprint density at radius 3 is 2.82 bits per heavy atom. The summed E-state index contributed by atoms with van der Waals surface area (Å²) in [5, 5.41) is 12.2. The third-order valence-corrected chi connectivity index (χ3v) is 3.36. The standard InChI is InChI=1S/C13H18N2O2/c14-7-6-13(4-5-13)9-15-12(17)10-2-1-3-11(16)8-10/h1-3,8,16H,4-7,9,14H2,(H,15,17). The number of nitrogens with one attached hydrogen (secondary N) is 1. The number of phenols is 1. The first kappa shape index (κ1) is 11.9. The van der Waals surface area contributed by atoms with Crippen molar-refractivity contribution < 1.29 is 9.90 Å². The normalized spacial score (nSPS) is 16.5. The number of nitrogens with two attached hydrogens (primary N) is 1. The molecule has 1 amide bonds. The SMILES string of the molecule is NCCC1(CNC(=O)c2cccc(O)c2)CC1. The first-order valence-electron chi connectivity index (χ1n) is 5.93. The maximum Gasteiger partial charge on any atom is 0.251 e. The van der Waals surface area contributed by atoms with Gasteiger partial charge >= 0.3 is 0 Å². The molecule has 0 unspecified atom stereocenters. The lowest BCUT2D eigenvalue weighted by Crippen LogP contribution is -2.31. The number of rotatable bonds is 5. The summed E-state index contributed by atoms with van der Waals surface area (Å²) in [7, 11) is 0. The van der Waals surface area contributed by atoms with E-state index in [2.05, 4.69) is 5.32 Å². The van der Waals surface area contributed by atoms with Crippen molar-refractivity contribution in [3.05, 3.63) is 29.8 Å². The Bertz CT molecular complexity index is 414. The van der Waals surface area contributed by atoms with Crippen LogP contribution >= 0.6 is 0 Å². The van der Waals surface area contributed by atoms with Gasteiger partial charge in [-0.15, -0.1) is 0 Å². The molecule has 92 valence electrons. The maximum absolute atomic E-state index is 11.8. The van der Waals surface area contributed by atoms with Crippen molar-refractivity contribution in [2.24, 2.45) is 11.1 Å². The van der Waals surface area contributed by atoms with Crippen molar-refractivity contribution >= 4 is 5.91 Å². The van der Waals surface area contributed by atoms with Gasteiger partial charge in [0.05, 0.1) is 0 Å². The molecule has 4 nitrogen and oxygen atoms in total. The van der Waals surface area contributed by atoms with Crippen LogP contribution in [0.4, 0.5) is 0 Å². The van der Waals surface area contributed by atoms with Crippen LogP contribution in [0.3, 0.4) is 0 Å². The molecule has 0 radical (unpaired) electrons. The van der Waals surface area contributed by atoms with Gasteiger partial charge in [-0.3, -0.25) is 4.79 Å². The van der Waals surface area contributed by atoms with Crippen LogP contribution in [0.1, 0.15) is 29.6 Å². The zero-order valence-electron chi connectivity index (χ0n) is 9.78. The lowest BCUT2D eigenvalue weighted by molar-refractivity contribution is 0.0943. The number of hydrogen-bond donors (Lipinski definition) is 3. The van der Waals surface area contributed by atoms with Crippen LogP contribution in [-0.2, 0) is 0 Å². The van der Waals surface area contributed by atoms with Crippen LogP contribution in [0.25, 0.3) is 0 Å². The average Bonchev–Trinajstić information content (AvgIpc) is 3.07. The molecule has 0 aliphatic heterocycles. The summed E-state index contributed by atoms with van der Waals surface area (Å²) >= 11 is 0. The molecule has 0 bridgehead atoms. The third-order valence-electron chi connectivity index (χ3n) is 3.36.